The first-order valence-electron chi connectivity index (χ1n) is 10.6. The SMILES string of the molecule is C=C/C=C(\C=C(/C)Cn1cnnn1)c1noc(-c2cnn(CF)c2COc2ccc(C(F)(F)F)cn2)n1. The first-order chi connectivity index (χ1) is 17.8. The average Bonchev–Trinajstić information content (AvgIpc) is 3.63. The molecule has 4 heterocycles. The molecule has 0 amide bonds. The molecule has 0 bridgehead atoms. The molecule has 0 aliphatic heterocycles. The van der Waals surface area contributed by atoms with Crippen molar-refractivity contribution in [3.05, 3.63) is 78.3 Å². The van der Waals surface area contributed by atoms with E-state index in [2.05, 4.69) is 42.3 Å². The number of pyridine rings is 1. The van der Waals surface area contributed by atoms with Gasteiger partial charge in [-0.15, -0.1) is 5.10 Å². The molecule has 15 heteroatoms. The molecule has 4 aromatic heterocycles. The van der Waals surface area contributed by atoms with Gasteiger partial charge in [0.2, 0.25) is 11.7 Å². The molecule has 37 heavy (non-hydrogen) atoms. The molecule has 0 fully saturated rings. The predicted molar refractivity (Wildman–Crippen MR) is 120 cm³/mol. The van der Waals surface area contributed by atoms with Gasteiger partial charge < -0.3 is 9.26 Å². The maximum Gasteiger partial charge on any atom is 0.417 e. The Labute approximate surface area is 206 Å². The van der Waals surface area contributed by atoms with Crippen molar-refractivity contribution >= 4 is 5.57 Å². The van der Waals surface area contributed by atoms with Crippen LogP contribution in [0.15, 0.2) is 65.8 Å². The van der Waals surface area contributed by atoms with Gasteiger partial charge in [-0.1, -0.05) is 35.5 Å². The minimum absolute atomic E-state index is 0.0372. The Morgan fingerprint density at radius 3 is 2.73 bits per heavy atom. The fourth-order valence-corrected chi connectivity index (χ4v) is 3.20. The summed E-state index contributed by atoms with van der Waals surface area (Å²) in [5.74, 6) is 0.182. The normalized spacial score (nSPS) is 12.7. The molecular weight excluding hydrogens is 498 g/mol. The summed E-state index contributed by atoms with van der Waals surface area (Å²) in [7, 11) is 0. The summed E-state index contributed by atoms with van der Waals surface area (Å²) >= 11 is 0. The molecule has 0 aliphatic carbocycles. The number of hydrogen-bond acceptors (Lipinski definition) is 9. The lowest BCUT2D eigenvalue weighted by Crippen LogP contribution is -2.08. The third kappa shape index (κ3) is 6.12. The zero-order valence-corrected chi connectivity index (χ0v) is 19.3. The van der Waals surface area contributed by atoms with E-state index < -0.39 is 18.5 Å². The highest BCUT2D eigenvalue weighted by molar-refractivity contribution is 5.72. The van der Waals surface area contributed by atoms with Crippen molar-refractivity contribution in [1.82, 2.24) is 45.1 Å². The lowest BCUT2D eigenvalue weighted by atomic mass is 10.1. The number of rotatable bonds is 10. The third-order valence-corrected chi connectivity index (χ3v) is 4.90. The quantitative estimate of drug-likeness (QED) is 0.226. The molecule has 0 saturated carbocycles. The van der Waals surface area contributed by atoms with Crippen LogP contribution in [0.4, 0.5) is 17.6 Å². The van der Waals surface area contributed by atoms with Crippen LogP contribution in [-0.2, 0) is 26.1 Å². The lowest BCUT2D eigenvalue weighted by molar-refractivity contribution is -0.137. The zero-order chi connectivity index (χ0) is 26.4. The minimum Gasteiger partial charge on any atom is -0.471 e. The molecule has 0 aromatic carbocycles. The Hall–Kier alpha value is -4.69. The van der Waals surface area contributed by atoms with Crippen LogP contribution < -0.4 is 4.74 Å². The molecule has 192 valence electrons. The van der Waals surface area contributed by atoms with Crippen molar-refractivity contribution in [2.45, 2.75) is 33.1 Å². The van der Waals surface area contributed by atoms with Crippen LogP contribution in [0.2, 0.25) is 0 Å². The molecule has 4 aromatic rings. The molecule has 11 nitrogen and oxygen atoms in total. The van der Waals surface area contributed by atoms with E-state index in [1.165, 1.54) is 12.5 Å². The van der Waals surface area contributed by atoms with Crippen LogP contribution in [0, 0.1) is 0 Å². The van der Waals surface area contributed by atoms with Crippen molar-refractivity contribution in [2.24, 2.45) is 0 Å². The molecule has 0 saturated heterocycles. The second-order valence-corrected chi connectivity index (χ2v) is 7.57. The zero-order valence-electron chi connectivity index (χ0n) is 19.3. The van der Waals surface area contributed by atoms with E-state index >= 15 is 0 Å². The van der Waals surface area contributed by atoms with Crippen molar-refractivity contribution in [3.8, 4) is 17.3 Å². The van der Waals surface area contributed by atoms with Gasteiger partial charge in [0.1, 0.15) is 12.9 Å². The van der Waals surface area contributed by atoms with E-state index in [-0.39, 0.29) is 35.5 Å². The highest BCUT2D eigenvalue weighted by Crippen LogP contribution is 2.30. The van der Waals surface area contributed by atoms with E-state index in [0.29, 0.717) is 18.3 Å². The van der Waals surface area contributed by atoms with E-state index in [9.17, 15) is 17.6 Å². The van der Waals surface area contributed by atoms with Gasteiger partial charge >= 0.3 is 6.18 Å². The third-order valence-electron chi connectivity index (χ3n) is 4.90. The number of tetrazole rings is 1. The molecule has 0 aliphatic rings. The number of nitrogens with zero attached hydrogens (tertiary/aromatic N) is 9. The van der Waals surface area contributed by atoms with Gasteiger partial charge in [0.25, 0.3) is 5.89 Å². The van der Waals surface area contributed by atoms with Gasteiger partial charge in [0.15, 0.2) is 6.80 Å². The molecule has 0 atom stereocenters. The van der Waals surface area contributed by atoms with Gasteiger partial charge in [-0.25, -0.2) is 18.7 Å². The monoisotopic (exact) mass is 517 g/mol. The predicted octanol–water partition coefficient (Wildman–Crippen LogP) is 4.06. The summed E-state index contributed by atoms with van der Waals surface area (Å²) < 4.78 is 65.2. The lowest BCUT2D eigenvalue weighted by Gasteiger charge is -2.09. The van der Waals surface area contributed by atoms with Crippen LogP contribution in [-0.4, -0.2) is 45.1 Å². The average molecular weight is 517 g/mol. The molecule has 0 spiro atoms. The summed E-state index contributed by atoms with van der Waals surface area (Å²) in [6.07, 6.45) is 3.98. The van der Waals surface area contributed by atoms with Crippen LogP contribution in [0.25, 0.3) is 17.0 Å². The van der Waals surface area contributed by atoms with Crippen LogP contribution in [0.3, 0.4) is 0 Å². The van der Waals surface area contributed by atoms with E-state index in [4.69, 9.17) is 9.26 Å². The fraction of sp³-hybridized carbons (Fsp3) is 0.227. The Kier molecular flexibility index (Phi) is 7.50. The van der Waals surface area contributed by atoms with Crippen molar-refractivity contribution in [3.63, 3.8) is 0 Å². The van der Waals surface area contributed by atoms with Crippen molar-refractivity contribution < 1.29 is 26.8 Å². The number of halogens is 4. The summed E-state index contributed by atoms with van der Waals surface area (Å²) in [4.78, 5) is 8.04. The van der Waals surface area contributed by atoms with Gasteiger partial charge in [-0.2, -0.15) is 23.3 Å². The van der Waals surface area contributed by atoms with E-state index in [1.54, 1.807) is 16.8 Å². The maximum absolute atomic E-state index is 13.6. The van der Waals surface area contributed by atoms with Crippen molar-refractivity contribution in [1.29, 1.82) is 0 Å². The van der Waals surface area contributed by atoms with Gasteiger partial charge in [-0.05, 0) is 23.4 Å². The second-order valence-electron chi connectivity index (χ2n) is 7.57. The Morgan fingerprint density at radius 1 is 1.24 bits per heavy atom. The van der Waals surface area contributed by atoms with Gasteiger partial charge in [-0.3, -0.25) is 0 Å². The Balaban J connectivity index is 1.55. The summed E-state index contributed by atoms with van der Waals surface area (Å²) in [5, 5.41) is 19.0. The topological polar surface area (TPSA) is 122 Å². The summed E-state index contributed by atoms with van der Waals surface area (Å²) in [5.41, 5.74) is 1.06. The van der Waals surface area contributed by atoms with Gasteiger partial charge in [0, 0.05) is 17.8 Å². The largest absolute Gasteiger partial charge is 0.471 e. The number of allylic oxidation sites excluding steroid dienone is 5. The number of hydrogen-bond donors (Lipinski definition) is 0. The van der Waals surface area contributed by atoms with E-state index in [0.717, 1.165) is 22.4 Å². The minimum atomic E-state index is -4.53. The number of ether oxygens (including phenoxy) is 1. The van der Waals surface area contributed by atoms with Crippen molar-refractivity contribution in [2.75, 3.05) is 0 Å². The second kappa shape index (κ2) is 10.9. The van der Waals surface area contributed by atoms with Crippen LogP contribution in [0.5, 0.6) is 5.88 Å². The Morgan fingerprint density at radius 2 is 2.08 bits per heavy atom. The van der Waals surface area contributed by atoms with Crippen LogP contribution >= 0.6 is 0 Å². The summed E-state index contributed by atoms with van der Waals surface area (Å²) in [6.45, 7) is 4.75. The molecule has 0 radical (unpaired) electrons. The molecule has 4 rings (SSSR count). The maximum atomic E-state index is 13.6. The van der Waals surface area contributed by atoms with E-state index in [1.807, 2.05) is 13.0 Å². The Bertz CT molecular complexity index is 1400. The van der Waals surface area contributed by atoms with Crippen LogP contribution in [0.1, 0.15) is 24.0 Å². The molecular formula is C22H19F4N9O2. The summed E-state index contributed by atoms with van der Waals surface area (Å²) in [6, 6.07) is 1.90. The van der Waals surface area contributed by atoms with Gasteiger partial charge in [0.05, 0.1) is 29.6 Å². The first kappa shape index (κ1) is 25.4. The molecule has 0 unspecified atom stereocenters. The number of alkyl halides is 4. The number of aromatic nitrogens is 9. The highest BCUT2D eigenvalue weighted by atomic mass is 19.4. The standard InChI is InChI=1S/C22H19F4N9O2/c1-3-4-15(7-14(2)10-34-13-28-32-33-34)20-30-21(37-31-20)17-9-29-35(12-23)18(17)11-36-19-6-5-16(8-27-19)22(24,25)26/h3-9,13H,1,10-12H2,2H3/b14-7+,15-4+. The molecule has 0 N–H and O–H groups in total. The fourth-order valence-electron chi connectivity index (χ4n) is 3.20. The first-order valence-corrected chi connectivity index (χ1v) is 10.6. The highest BCUT2D eigenvalue weighted by Gasteiger charge is 2.30. The smallest absolute Gasteiger partial charge is 0.417 e.